The van der Waals surface area contributed by atoms with Crippen LogP contribution >= 0.6 is 37.2 Å². The molecule has 0 fully saturated rings. The third-order valence-corrected chi connectivity index (χ3v) is 15.0. The summed E-state index contributed by atoms with van der Waals surface area (Å²) in [4.78, 5) is 0. The zero-order valence-corrected chi connectivity index (χ0v) is 37.4. The number of rotatable bonds is 10. The Morgan fingerprint density at radius 1 is 0.400 bits per heavy atom. The van der Waals surface area contributed by atoms with Crippen molar-refractivity contribution in [3.05, 3.63) is 124 Å². The average Bonchev–Trinajstić information content (AvgIpc) is 3.45. The van der Waals surface area contributed by atoms with Gasteiger partial charge in [0.05, 0.1) is 0 Å². The molecule has 5 rings (SSSR count). The summed E-state index contributed by atoms with van der Waals surface area (Å²) in [5, 5.41) is 8.81. The molecule has 0 aliphatic rings. The molecule has 0 radical (unpaired) electrons. The van der Waals surface area contributed by atoms with Crippen molar-refractivity contribution in [3.8, 4) is 0 Å². The first-order valence-electron chi connectivity index (χ1n) is 17.8. The van der Waals surface area contributed by atoms with Gasteiger partial charge in [0, 0.05) is 21.7 Å². The minimum atomic E-state index is -2.88. The maximum Gasteiger partial charge on any atom is 0.134 e. The van der Waals surface area contributed by atoms with Gasteiger partial charge in [-0.15, -0.1) is 71.4 Å². The van der Waals surface area contributed by atoms with Crippen molar-refractivity contribution in [1.29, 1.82) is 0 Å². The molecule has 0 heterocycles. The topological polar surface area (TPSA) is 0 Å². The Kier molecular flexibility index (Phi) is 17.5. The minimum Gasteiger partial charge on any atom is -0.168 e. The Hall–Kier alpha value is -1.71. The molecule has 5 heteroatoms. The monoisotopic (exact) mass is 781 g/mol. The standard InChI is InChI=1S/C45H57Si.3ClH.Ti/c1-28(2)35-19-36(29(3)4)23-41(22-35)46(45-18-17-34-15-13-14-16-44(34)45,42-24-37(30(5)6)20-38(25-42)31(7)8)43-26-39(32(9)10)21-40(27-43)33(11)12;;;;/h13-33H,1-12H3;3*1H;/q-1;;;;. The van der Waals surface area contributed by atoms with E-state index in [1.165, 1.54) is 64.9 Å². The summed E-state index contributed by atoms with van der Waals surface area (Å²) in [6.45, 7) is 28.3. The second kappa shape index (κ2) is 18.9. The predicted molar refractivity (Wildman–Crippen MR) is 229 cm³/mol. The zero-order chi connectivity index (χ0) is 33.5. The van der Waals surface area contributed by atoms with Gasteiger partial charge < -0.3 is 0 Å². The Balaban J connectivity index is 0.00000312. The molecule has 0 aliphatic carbocycles. The summed E-state index contributed by atoms with van der Waals surface area (Å²) < 4.78 is 0. The minimum absolute atomic E-state index is 0. The van der Waals surface area contributed by atoms with Crippen LogP contribution in [-0.2, 0) is 21.7 Å². The maximum absolute atomic E-state index is 2.88. The van der Waals surface area contributed by atoms with E-state index in [0.29, 0.717) is 35.5 Å². The van der Waals surface area contributed by atoms with Crippen LogP contribution in [0.3, 0.4) is 0 Å². The predicted octanol–water partition coefficient (Wildman–Crippen LogP) is 11.9. The smallest absolute Gasteiger partial charge is 0.134 e. The fourth-order valence-corrected chi connectivity index (χ4v) is 12.3. The largest absolute Gasteiger partial charge is 0.168 e. The summed E-state index contributed by atoms with van der Waals surface area (Å²) >= 11 is 0. The van der Waals surface area contributed by atoms with Gasteiger partial charge in [-0.3, -0.25) is 0 Å². The van der Waals surface area contributed by atoms with Gasteiger partial charge in [-0.1, -0.05) is 159 Å². The van der Waals surface area contributed by atoms with Crippen LogP contribution in [-0.4, -0.2) is 8.07 Å². The summed E-state index contributed by atoms with van der Waals surface area (Å²) in [5.41, 5.74) is 8.68. The van der Waals surface area contributed by atoms with Gasteiger partial charge in [-0.2, -0.15) is 12.1 Å². The van der Waals surface area contributed by atoms with Gasteiger partial charge in [0.1, 0.15) is 8.07 Å². The number of hydrogen-bond donors (Lipinski definition) is 0. The Labute approximate surface area is 339 Å². The summed E-state index contributed by atoms with van der Waals surface area (Å²) in [7, 11) is -2.88. The Morgan fingerprint density at radius 2 is 0.680 bits per heavy atom. The van der Waals surface area contributed by atoms with Gasteiger partial charge in [-0.25, -0.2) is 0 Å². The van der Waals surface area contributed by atoms with Gasteiger partial charge in [0.2, 0.25) is 0 Å². The SMILES string of the molecule is CC(C)c1cc(C(C)C)cc([Si](c2cc(C(C)C)cc(C(C)C)c2)(c2cc(C(C)C)cc(C(C)C)c2)[c-]2ccc3ccccc32)c1.Cl.Cl.Cl.[Ti]. The number of benzene rings is 4. The van der Waals surface area contributed by atoms with E-state index in [4.69, 9.17) is 0 Å². The third-order valence-electron chi connectivity index (χ3n) is 10.3. The molecule has 5 aromatic carbocycles. The first kappa shape index (κ1) is 46.3. The molecule has 0 aromatic heterocycles. The Morgan fingerprint density at radius 3 is 0.960 bits per heavy atom. The van der Waals surface area contributed by atoms with Crippen LogP contribution in [0.1, 0.15) is 152 Å². The molecule has 0 saturated heterocycles. The van der Waals surface area contributed by atoms with E-state index >= 15 is 0 Å². The molecule has 0 N–H and O–H groups in total. The van der Waals surface area contributed by atoms with Gasteiger partial charge >= 0.3 is 0 Å². The molecule has 270 valence electrons. The molecule has 0 saturated carbocycles. The summed E-state index contributed by atoms with van der Waals surface area (Å²) in [6, 6.07) is 37.1. The summed E-state index contributed by atoms with van der Waals surface area (Å²) in [6.07, 6.45) is 0. The molecular formula is C45H60Cl3SiTi-. The van der Waals surface area contributed by atoms with E-state index in [1.807, 2.05) is 0 Å². The second-order valence-electron chi connectivity index (χ2n) is 15.7. The molecule has 0 aliphatic heterocycles. The Bertz CT molecular complexity index is 1600. The maximum atomic E-state index is 2.61. The van der Waals surface area contributed by atoms with Crippen LogP contribution in [0, 0.1) is 0 Å². The zero-order valence-electron chi connectivity index (χ0n) is 32.3. The average molecular weight is 783 g/mol. The van der Waals surface area contributed by atoms with E-state index in [2.05, 4.69) is 174 Å². The van der Waals surface area contributed by atoms with Crippen LogP contribution < -0.4 is 20.7 Å². The summed E-state index contributed by atoms with van der Waals surface area (Å²) in [5.74, 6) is 2.68. The molecule has 5 aromatic rings. The molecule has 0 unspecified atom stereocenters. The van der Waals surface area contributed by atoms with Gasteiger partial charge in [-0.05, 0) is 68.9 Å². The molecule has 0 spiro atoms. The van der Waals surface area contributed by atoms with Crippen LogP contribution in [0.4, 0.5) is 0 Å². The van der Waals surface area contributed by atoms with Gasteiger partial charge in [0.15, 0.2) is 0 Å². The van der Waals surface area contributed by atoms with E-state index in [0.717, 1.165) is 0 Å². The van der Waals surface area contributed by atoms with Crippen LogP contribution in [0.2, 0.25) is 0 Å². The second-order valence-corrected chi connectivity index (χ2v) is 19.4. The number of hydrogen-bond acceptors (Lipinski definition) is 0. The fraction of sp³-hybridized carbons (Fsp3) is 0.400. The first-order chi connectivity index (χ1) is 21.7. The van der Waals surface area contributed by atoms with E-state index < -0.39 is 8.07 Å². The van der Waals surface area contributed by atoms with Crippen LogP contribution in [0.15, 0.2) is 91.0 Å². The number of halogens is 3. The van der Waals surface area contributed by atoms with Gasteiger partial charge in [0.25, 0.3) is 0 Å². The molecule has 0 atom stereocenters. The van der Waals surface area contributed by atoms with E-state index in [-0.39, 0.29) is 58.9 Å². The van der Waals surface area contributed by atoms with Crippen molar-refractivity contribution in [2.75, 3.05) is 0 Å². The van der Waals surface area contributed by atoms with Crippen molar-refractivity contribution in [3.63, 3.8) is 0 Å². The van der Waals surface area contributed by atoms with Crippen molar-refractivity contribution >= 4 is 76.8 Å². The molecule has 0 nitrogen and oxygen atoms in total. The fourth-order valence-electron chi connectivity index (χ4n) is 7.12. The third kappa shape index (κ3) is 9.08. The first-order valence-corrected chi connectivity index (χ1v) is 19.8. The molecule has 0 amide bonds. The van der Waals surface area contributed by atoms with Crippen molar-refractivity contribution in [2.24, 2.45) is 0 Å². The quantitative estimate of drug-likeness (QED) is 0.0752. The normalized spacial score (nSPS) is 11.6. The van der Waals surface area contributed by atoms with E-state index in [9.17, 15) is 0 Å². The molecule has 0 bridgehead atoms. The van der Waals surface area contributed by atoms with E-state index in [1.54, 1.807) is 0 Å². The number of fused-ring (bicyclic) bond motifs is 1. The van der Waals surface area contributed by atoms with Crippen molar-refractivity contribution in [1.82, 2.24) is 0 Å². The van der Waals surface area contributed by atoms with Crippen molar-refractivity contribution < 1.29 is 21.7 Å². The van der Waals surface area contributed by atoms with Crippen molar-refractivity contribution in [2.45, 2.75) is 119 Å². The molecular weight excluding hydrogens is 723 g/mol. The van der Waals surface area contributed by atoms with Crippen LogP contribution in [0.25, 0.3) is 10.8 Å². The van der Waals surface area contributed by atoms with Crippen LogP contribution in [0.5, 0.6) is 0 Å². The molecule has 50 heavy (non-hydrogen) atoms.